The molecular formula is C23H26N6OS2. The average molecular weight is 467 g/mol. The van der Waals surface area contributed by atoms with Crippen molar-refractivity contribution < 1.29 is 4.79 Å². The maximum atomic E-state index is 12.9. The van der Waals surface area contributed by atoms with Crippen molar-refractivity contribution in [3.05, 3.63) is 64.8 Å². The molecule has 9 heteroatoms. The zero-order valence-electron chi connectivity index (χ0n) is 18.6. The van der Waals surface area contributed by atoms with Crippen molar-refractivity contribution in [2.24, 2.45) is 0 Å². The molecule has 0 aliphatic carbocycles. The first-order valence-corrected chi connectivity index (χ1v) is 12.3. The first-order valence-electron chi connectivity index (χ1n) is 10.4. The van der Waals surface area contributed by atoms with E-state index in [4.69, 9.17) is 0 Å². The number of nitrogens with zero attached hydrogens (tertiary/aromatic N) is 6. The highest BCUT2D eigenvalue weighted by Gasteiger charge is 2.19. The molecule has 3 aromatic heterocycles. The highest BCUT2D eigenvalue weighted by molar-refractivity contribution is 7.99. The molecule has 3 heterocycles. The fraction of sp³-hybridized carbons (Fsp3) is 0.304. The maximum absolute atomic E-state index is 12.9. The molecule has 0 aliphatic heterocycles. The smallest absolute Gasteiger partial charge is 0.233 e. The quantitative estimate of drug-likeness (QED) is 0.356. The zero-order chi connectivity index (χ0) is 22.7. The summed E-state index contributed by atoms with van der Waals surface area (Å²) < 4.78 is 4.00. The van der Waals surface area contributed by atoms with Crippen molar-refractivity contribution in [1.82, 2.24) is 29.4 Å². The van der Waals surface area contributed by atoms with Crippen LogP contribution < -0.4 is 0 Å². The Morgan fingerprint density at radius 2 is 1.91 bits per heavy atom. The number of carbonyl (C=O) groups excluding carboxylic acids is 1. The molecule has 4 rings (SSSR count). The van der Waals surface area contributed by atoms with E-state index in [-0.39, 0.29) is 5.91 Å². The van der Waals surface area contributed by atoms with Crippen molar-refractivity contribution in [3.8, 4) is 16.4 Å². The topological polar surface area (TPSA) is 68.8 Å². The van der Waals surface area contributed by atoms with Gasteiger partial charge in [-0.15, -0.1) is 21.5 Å². The second-order valence-electron chi connectivity index (χ2n) is 7.46. The van der Waals surface area contributed by atoms with Gasteiger partial charge >= 0.3 is 0 Å². The van der Waals surface area contributed by atoms with Gasteiger partial charge in [-0.3, -0.25) is 4.79 Å². The van der Waals surface area contributed by atoms with Crippen molar-refractivity contribution >= 4 is 29.0 Å². The Balaban J connectivity index is 1.43. The molecule has 0 fully saturated rings. The van der Waals surface area contributed by atoms with Gasteiger partial charge in [-0.05, 0) is 44.4 Å². The minimum Gasteiger partial charge on any atom is -0.341 e. The van der Waals surface area contributed by atoms with Gasteiger partial charge in [0, 0.05) is 31.4 Å². The molecule has 0 atom stereocenters. The first-order chi connectivity index (χ1) is 15.5. The lowest BCUT2D eigenvalue weighted by Gasteiger charge is -2.17. The number of benzene rings is 1. The largest absolute Gasteiger partial charge is 0.341 e. The van der Waals surface area contributed by atoms with Crippen LogP contribution in [0.25, 0.3) is 16.4 Å². The molecule has 0 bridgehead atoms. The standard InChI is InChI=1S/C23H26N6OS2/c1-5-28-22(20-12-9-13-31-20)24-25-23(28)32-15-21(30)27(4)14-19-16(2)26-29(17(19)3)18-10-7-6-8-11-18/h6-13H,5,14-15H2,1-4H3. The van der Waals surface area contributed by atoms with E-state index in [1.165, 1.54) is 11.8 Å². The number of amides is 1. The lowest BCUT2D eigenvalue weighted by Crippen LogP contribution is -2.28. The Hall–Kier alpha value is -2.91. The summed E-state index contributed by atoms with van der Waals surface area (Å²) in [6, 6.07) is 14.1. The number of thiophene rings is 1. The summed E-state index contributed by atoms with van der Waals surface area (Å²) in [5.41, 5.74) is 4.08. The Morgan fingerprint density at radius 3 is 2.59 bits per heavy atom. The van der Waals surface area contributed by atoms with Gasteiger partial charge in [0.1, 0.15) is 0 Å². The molecule has 0 unspecified atom stereocenters. The summed E-state index contributed by atoms with van der Waals surface area (Å²) >= 11 is 3.07. The van der Waals surface area contributed by atoms with Crippen LogP contribution in [0.15, 0.2) is 53.0 Å². The summed E-state index contributed by atoms with van der Waals surface area (Å²) in [7, 11) is 1.84. The van der Waals surface area contributed by atoms with Crippen LogP contribution in [0.2, 0.25) is 0 Å². The number of aromatic nitrogens is 5. The molecule has 4 aromatic rings. The second kappa shape index (κ2) is 9.70. The number of para-hydroxylation sites is 1. The van der Waals surface area contributed by atoms with Crippen LogP contribution in [-0.4, -0.2) is 48.2 Å². The summed E-state index contributed by atoms with van der Waals surface area (Å²) in [5.74, 6) is 1.21. The monoisotopic (exact) mass is 466 g/mol. The number of carbonyl (C=O) groups is 1. The summed E-state index contributed by atoms with van der Waals surface area (Å²) in [5, 5.41) is 16.1. The summed E-state index contributed by atoms with van der Waals surface area (Å²) in [6.07, 6.45) is 0. The molecule has 1 aromatic carbocycles. The van der Waals surface area contributed by atoms with E-state index in [1.54, 1.807) is 16.2 Å². The summed E-state index contributed by atoms with van der Waals surface area (Å²) in [4.78, 5) is 15.7. The summed E-state index contributed by atoms with van der Waals surface area (Å²) in [6.45, 7) is 7.37. The number of rotatable bonds is 8. The van der Waals surface area contributed by atoms with Gasteiger partial charge in [-0.1, -0.05) is 36.0 Å². The van der Waals surface area contributed by atoms with Crippen molar-refractivity contribution in [2.45, 2.75) is 39.0 Å². The van der Waals surface area contributed by atoms with Gasteiger partial charge in [0.05, 0.1) is 22.0 Å². The molecule has 0 radical (unpaired) electrons. The molecule has 7 nitrogen and oxygen atoms in total. The Kier molecular flexibility index (Phi) is 6.76. The predicted octanol–water partition coefficient (Wildman–Crippen LogP) is 4.58. The molecule has 0 aliphatic rings. The second-order valence-corrected chi connectivity index (χ2v) is 9.35. The Morgan fingerprint density at radius 1 is 1.12 bits per heavy atom. The zero-order valence-corrected chi connectivity index (χ0v) is 20.3. The molecule has 0 spiro atoms. The molecule has 1 amide bonds. The van der Waals surface area contributed by atoms with E-state index < -0.39 is 0 Å². The molecule has 166 valence electrons. The molecular weight excluding hydrogens is 440 g/mol. The van der Waals surface area contributed by atoms with E-state index in [9.17, 15) is 4.79 Å². The van der Waals surface area contributed by atoms with E-state index >= 15 is 0 Å². The third kappa shape index (κ3) is 4.49. The lowest BCUT2D eigenvalue weighted by atomic mass is 10.2. The molecule has 0 saturated heterocycles. The van der Waals surface area contributed by atoms with E-state index in [0.717, 1.165) is 45.0 Å². The number of aryl methyl sites for hydroxylation is 1. The number of hydrogen-bond donors (Lipinski definition) is 0. The van der Waals surface area contributed by atoms with Gasteiger partial charge in [0.2, 0.25) is 5.91 Å². The molecule has 0 saturated carbocycles. The third-order valence-corrected chi connectivity index (χ3v) is 7.18. The van der Waals surface area contributed by atoms with Crippen LogP contribution in [0, 0.1) is 13.8 Å². The van der Waals surface area contributed by atoms with Gasteiger partial charge < -0.3 is 9.47 Å². The minimum absolute atomic E-state index is 0.0459. The van der Waals surface area contributed by atoms with Crippen molar-refractivity contribution in [3.63, 3.8) is 0 Å². The highest BCUT2D eigenvalue weighted by atomic mass is 32.2. The van der Waals surface area contributed by atoms with Crippen LogP contribution in [0.1, 0.15) is 23.9 Å². The maximum Gasteiger partial charge on any atom is 0.233 e. The Labute approximate surface area is 196 Å². The van der Waals surface area contributed by atoms with Crippen LogP contribution in [-0.2, 0) is 17.9 Å². The minimum atomic E-state index is 0.0459. The van der Waals surface area contributed by atoms with Crippen molar-refractivity contribution in [1.29, 1.82) is 0 Å². The van der Waals surface area contributed by atoms with Crippen molar-refractivity contribution in [2.75, 3.05) is 12.8 Å². The van der Waals surface area contributed by atoms with Crippen LogP contribution in [0.4, 0.5) is 0 Å². The number of hydrogen-bond acceptors (Lipinski definition) is 6. The van der Waals surface area contributed by atoms with E-state index in [1.807, 2.05) is 73.4 Å². The van der Waals surface area contributed by atoms with Gasteiger partial charge in [0.15, 0.2) is 11.0 Å². The number of thioether (sulfide) groups is 1. The highest BCUT2D eigenvalue weighted by Crippen LogP contribution is 2.27. The van der Waals surface area contributed by atoms with E-state index in [0.29, 0.717) is 12.3 Å². The van der Waals surface area contributed by atoms with Crippen LogP contribution in [0.5, 0.6) is 0 Å². The van der Waals surface area contributed by atoms with Crippen LogP contribution in [0.3, 0.4) is 0 Å². The Bertz CT molecular complexity index is 1200. The van der Waals surface area contributed by atoms with Gasteiger partial charge in [-0.25, -0.2) is 4.68 Å². The lowest BCUT2D eigenvalue weighted by molar-refractivity contribution is -0.127. The van der Waals surface area contributed by atoms with Crippen LogP contribution >= 0.6 is 23.1 Å². The molecule has 0 N–H and O–H groups in total. The van der Waals surface area contributed by atoms with Gasteiger partial charge in [0.25, 0.3) is 0 Å². The third-order valence-electron chi connectivity index (χ3n) is 5.36. The predicted molar refractivity (Wildman–Crippen MR) is 129 cm³/mol. The van der Waals surface area contributed by atoms with E-state index in [2.05, 4.69) is 26.8 Å². The first kappa shape index (κ1) is 22.3. The normalized spacial score (nSPS) is 11.1. The fourth-order valence-corrected chi connectivity index (χ4v) is 5.22. The van der Waals surface area contributed by atoms with Gasteiger partial charge in [-0.2, -0.15) is 5.10 Å². The fourth-order valence-electron chi connectivity index (χ4n) is 3.55. The average Bonchev–Trinajstić information content (AvgIpc) is 3.53. The SMILES string of the molecule is CCn1c(SCC(=O)N(C)Cc2c(C)nn(-c3ccccc3)c2C)nnc1-c1cccs1. The molecule has 32 heavy (non-hydrogen) atoms.